The maximum atomic E-state index is 12.5. The minimum Gasteiger partial charge on any atom is -0.469 e. The summed E-state index contributed by atoms with van der Waals surface area (Å²) in [4.78, 5) is 12.5. The van der Waals surface area contributed by atoms with Crippen molar-refractivity contribution in [1.29, 1.82) is 0 Å². The summed E-state index contributed by atoms with van der Waals surface area (Å²) < 4.78 is 30.8. The van der Waals surface area contributed by atoms with Gasteiger partial charge >= 0.3 is 0 Å². The minimum atomic E-state index is -3.64. The van der Waals surface area contributed by atoms with Crippen molar-refractivity contribution in [2.75, 3.05) is 14.1 Å². The van der Waals surface area contributed by atoms with E-state index < -0.39 is 15.9 Å². The molecule has 1 heterocycles. The van der Waals surface area contributed by atoms with E-state index in [0.29, 0.717) is 12.8 Å². The number of carbonyl (C=O) groups excluding carboxylic acids is 1. The summed E-state index contributed by atoms with van der Waals surface area (Å²) in [5.74, 6) is 0.436. The number of benzene rings is 1. The first kappa shape index (κ1) is 19.5. The number of rotatable bonds is 7. The second-order valence-electron chi connectivity index (χ2n) is 5.92. The van der Waals surface area contributed by atoms with E-state index in [2.05, 4.69) is 5.32 Å². The fraction of sp³-hybridized carbons (Fsp3) is 0.353. The predicted molar refractivity (Wildman–Crippen MR) is 96.3 cm³/mol. The number of sulfonamides is 1. The van der Waals surface area contributed by atoms with Gasteiger partial charge in [0.2, 0.25) is 10.0 Å². The molecule has 0 unspecified atom stereocenters. The van der Waals surface area contributed by atoms with Crippen LogP contribution in [0.4, 0.5) is 0 Å². The first-order chi connectivity index (χ1) is 11.7. The zero-order valence-electron chi connectivity index (χ0n) is 14.3. The summed E-state index contributed by atoms with van der Waals surface area (Å²) >= 11 is 6.08. The maximum absolute atomic E-state index is 12.5. The van der Waals surface area contributed by atoms with Crippen LogP contribution in [0.3, 0.4) is 0 Å². The zero-order valence-corrected chi connectivity index (χ0v) is 15.9. The quantitative estimate of drug-likeness (QED) is 0.795. The van der Waals surface area contributed by atoms with Gasteiger partial charge in [0.15, 0.2) is 0 Å². The zero-order chi connectivity index (χ0) is 18.6. The fourth-order valence-corrected chi connectivity index (χ4v) is 3.37. The van der Waals surface area contributed by atoms with Gasteiger partial charge in [0.1, 0.15) is 5.76 Å². The first-order valence-corrected chi connectivity index (χ1v) is 9.59. The summed E-state index contributed by atoms with van der Waals surface area (Å²) in [5.41, 5.74) is 0.134. The molecule has 6 nitrogen and oxygen atoms in total. The van der Waals surface area contributed by atoms with E-state index >= 15 is 0 Å². The number of aryl methyl sites for hydroxylation is 1. The van der Waals surface area contributed by atoms with Gasteiger partial charge in [-0.15, -0.1) is 0 Å². The van der Waals surface area contributed by atoms with Crippen LogP contribution in [0.1, 0.15) is 29.5 Å². The van der Waals surface area contributed by atoms with Crippen molar-refractivity contribution in [3.63, 3.8) is 0 Å². The Kier molecular flexibility index (Phi) is 6.26. The van der Waals surface area contributed by atoms with E-state index in [1.807, 2.05) is 19.1 Å². The predicted octanol–water partition coefficient (Wildman–Crippen LogP) is 2.93. The van der Waals surface area contributed by atoms with Gasteiger partial charge in [-0.25, -0.2) is 12.7 Å². The van der Waals surface area contributed by atoms with Gasteiger partial charge < -0.3 is 9.73 Å². The van der Waals surface area contributed by atoms with E-state index in [1.54, 1.807) is 6.26 Å². The highest BCUT2D eigenvalue weighted by Crippen LogP contribution is 2.22. The molecule has 25 heavy (non-hydrogen) atoms. The van der Waals surface area contributed by atoms with Crippen molar-refractivity contribution in [2.45, 2.75) is 30.7 Å². The fourth-order valence-electron chi connectivity index (χ4n) is 2.24. The van der Waals surface area contributed by atoms with Crippen molar-refractivity contribution in [1.82, 2.24) is 9.62 Å². The highest BCUT2D eigenvalue weighted by atomic mass is 35.5. The Balaban J connectivity index is 2.10. The summed E-state index contributed by atoms with van der Waals surface area (Å²) in [5, 5.41) is 3.04. The van der Waals surface area contributed by atoms with E-state index in [1.165, 1.54) is 32.3 Å². The molecule has 1 atom stereocenters. The second-order valence-corrected chi connectivity index (χ2v) is 8.48. The highest BCUT2D eigenvalue weighted by Gasteiger charge is 2.21. The molecule has 2 rings (SSSR count). The molecular formula is C17H21ClN2O4S. The van der Waals surface area contributed by atoms with Crippen LogP contribution < -0.4 is 5.32 Å². The first-order valence-electron chi connectivity index (χ1n) is 7.77. The van der Waals surface area contributed by atoms with Gasteiger partial charge in [-0.2, -0.15) is 0 Å². The Bertz CT molecular complexity index is 832. The number of furan rings is 1. The standard InChI is InChI=1S/C17H21ClN2O4S/c1-12(6-7-13-5-4-10-24-13)19-17(21)15-11-14(8-9-16(15)18)25(22,23)20(2)3/h4-5,8-12H,6-7H2,1-3H3,(H,19,21)/t12-/m0/s1. The number of hydrogen-bond donors (Lipinski definition) is 1. The smallest absolute Gasteiger partial charge is 0.253 e. The molecule has 8 heteroatoms. The highest BCUT2D eigenvalue weighted by molar-refractivity contribution is 7.89. The summed E-state index contributed by atoms with van der Waals surface area (Å²) in [6, 6.07) is 7.67. The largest absolute Gasteiger partial charge is 0.469 e. The lowest BCUT2D eigenvalue weighted by Crippen LogP contribution is -2.33. The number of amides is 1. The van der Waals surface area contributed by atoms with Crippen molar-refractivity contribution in [3.05, 3.63) is 52.9 Å². The van der Waals surface area contributed by atoms with E-state index in [9.17, 15) is 13.2 Å². The Labute approximate surface area is 152 Å². The third-order valence-corrected chi connectivity index (χ3v) is 5.88. The molecule has 0 aliphatic rings. The number of nitrogens with one attached hydrogen (secondary N) is 1. The number of halogens is 1. The molecule has 2 aromatic rings. The van der Waals surface area contributed by atoms with Crippen LogP contribution in [0, 0.1) is 0 Å². The molecule has 0 saturated heterocycles. The van der Waals surface area contributed by atoms with Crippen molar-refractivity contribution >= 4 is 27.5 Å². The Hall–Kier alpha value is -1.83. The van der Waals surface area contributed by atoms with Gasteiger partial charge in [-0.1, -0.05) is 11.6 Å². The van der Waals surface area contributed by atoms with Crippen LogP contribution in [0.2, 0.25) is 5.02 Å². The maximum Gasteiger partial charge on any atom is 0.253 e. The van der Waals surface area contributed by atoms with Gasteiger partial charge in [0.25, 0.3) is 5.91 Å². The molecule has 1 amide bonds. The molecule has 0 aliphatic carbocycles. The summed E-state index contributed by atoms with van der Waals surface area (Å²) in [6.45, 7) is 1.87. The van der Waals surface area contributed by atoms with Gasteiger partial charge in [-0.3, -0.25) is 4.79 Å². The van der Waals surface area contributed by atoms with Crippen LogP contribution in [0.25, 0.3) is 0 Å². The Morgan fingerprint density at radius 2 is 2.04 bits per heavy atom. The molecule has 1 N–H and O–H groups in total. The Morgan fingerprint density at radius 1 is 1.32 bits per heavy atom. The van der Waals surface area contributed by atoms with Gasteiger partial charge in [0, 0.05) is 26.6 Å². The minimum absolute atomic E-state index is 0.0234. The van der Waals surface area contributed by atoms with Crippen LogP contribution in [-0.4, -0.2) is 38.8 Å². The summed E-state index contributed by atoms with van der Waals surface area (Å²) in [6.07, 6.45) is 2.98. The van der Waals surface area contributed by atoms with Crippen molar-refractivity contribution in [3.8, 4) is 0 Å². The SMILES string of the molecule is C[C@@H](CCc1ccco1)NC(=O)c1cc(S(=O)(=O)N(C)C)ccc1Cl. The molecule has 0 aliphatic heterocycles. The number of hydrogen-bond acceptors (Lipinski definition) is 4. The lowest BCUT2D eigenvalue weighted by Gasteiger charge is -2.16. The van der Waals surface area contributed by atoms with E-state index in [-0.39, 0.29) is 21.5 Å². The number of carbonyl (C=O) groups is 1. The Morgan fingerprint density at radius 3 is 2.64 bits per heavy atom. The van der Waals surface area contributed by atoms with E-state index in [0.717, 1.165) is 10.1 Å². The van der Waals surface area contributed by atoms with Crippen LogP contribution in [0.15, 0.2) is 45.9 Å². The molecule has 0 bridgehead atoms. The van der Waals surface area contributed by atoms with Crippen LogP contribution >= 0.6 is 11.6 Å². The van der Waals surface area contributed by atoms with Gasteiger partial charge in [-0.05, 0) is 43.7 Å². The monoisotopic (exact) mass is 384 g/mol. The molecule has 0 saturated carbocycles. The third-order valence-electron chi connectivity index (χ3n) is 3.74. The molecule has 0 radical (unpaired) electrons. The molecule has 136 valence electrons. The summed E-state index contributed by atoms with van der Waals surface area (Å²) in [7, 11) is -0.774. The molecule has 0 fully saturated rings. The van der Waals surface area contributed by atoms with E-state index in [4.69, 9.17) is 16.0 Å². The van der Waals surface area contributed by atoms with Crippen molar-refractivity contribution in [2.24, 2.45) is 0 Å². The lowest BCUT2D eigenvalue weighted by molar-refractivity contribution is 0.0938. The molecule has 1 aromatic heterocycles. The third kappa shape index (κ3) is 4.84. The average Bonchev–Trinajstić information content (AvgIpc) is 3.06. The normalized spacial score (nSPS) is 13.0. The lowest BCUT2D eigenvalue weighted by atomic mass is 10.1. The van der Waals surface area contributed by atoms with Crippen molar-refractivity contribution < 1.29 is 17.6 Å². The number of nitrogens with zero attached hydrogens (tertiary/aromatic N) is 1. The second kappa shape index (κ2) is 8.03. The van der Waals surface area contributed by atoms with Crippen LogP contribution in [0.5, 0.6) is 0 Å². The van der Waals surface area contributed by atoms with Crippen LogP contribution in [-0.2, 0) is 16.4 Å². The molecule has 1 aromatic carbocycles. The topological polar surface area (TPSA) is 79.6 Å². The molecular weight excluding hydrogens is 364 g/mol. The molecule has 0 spiro atoms. The van der Waals surface area contributed by atoms with Gasteiger partial charge in [0.05, 0.1) is 21.7 Å². The average molecular weight is 385 g/mol.